The SMILES string of the molecule is CCNCC(C)(CC)COCC(F)(F)F. The lowest BCUT2D eigenvalue weighted by atomic mass is 9.88. The summed E-state index contributed by atoms with van der Waals surface area (Å²) in [4.78, 5) is 0. The van der Waals surface area contributed by atoms with Crippen LogP contribution in [0.15, 0.2) is 0 Å². The van der Waals surface area contributed by atoms with Gasteiger partial charge >= 0.3 is 6.18 Å². The van der Waals surface area contributed by atoms with Gasteiger partial charge in [-0.1, -0.05) is 20.8 Å². The first-order valence-corrected chi connectivity index (χ1v) is 5.18. The molecule has 0 aromatic heterocycles. The van der Waals surface area contributed by atoms with E-state index in [9.17, 15) is 13.2 Å². The molecular weight excluding hydrogens is 207 g/mol. The van der Waals surface area contributed by atoms with Crippen LogP contribution in [-0.4, -0.2) is 32.5 Å². The van der Waals surface area contributed by atoms with E-state index >= 15 is 0 Å². The average molecular weight is 227 g/mol. The second kappa shape index (κ2) is 6.33. The number of nitrogens with one attached hydrogen (secondary N) is 1. The summed E-state index contributed by atoms with van der Waals surface area (Å²) in [6.45, 7) is 6.31. The van der Waals surface area contributed by atoms with Crippen molar-refractivity contribution in [1.82, 2.24) is 5.32 Å². The van der Waals surface area contributed by atoms with Gasteiger partial charge in [0.25, 0.3) is 0 Å². The van der Waals surface area contributed by atoms with Crippen LogP contribution in [0.1, 0.15) is 27.2 Å². The number of halogens is 3. The van der Waals surface area contributed by atoms with E-state index in [1.54, 1.807) is 0 Å². The lowest BCUT2D eigenvalue weighted by Crippen LogP contribution is -2.36. The van der Waals surface area contributed by atoms with Crippen LogP contribution >= 0.6 is 0 Å². The summed E-state index contributed by atoms with van der Waals surface area (Å²) < 4.78 is 40.2. The number of rotatable bonds is 7. The molecule has 15 heavy (non-hydrogen) atoms. The van der Waals surface area contributed by atoms with Crippen molar-refractivity contribution < 1.29 is 17.9 Å². The smallest absolute Gasteiger partial charge is 0.371 e. The van der Waals surface area contributed by atoms with Crippen molar-refractivity contribution in [2.45, 2.75) is 33.4 Å². The first kappa shape index (κ1) is 14.7. The molecule has 0 aliphatic heterocycles. The minimum absolute atomic E-state index is 0.135. The fourth-order valence-electron chi connectivity index (χ4n) is 1.12. The quantitative estimate of drug-likeness (QED) is 0.721. The molecule has 1 N–H and O–H groups in total. The first-order valence-electron chi connectivity index (χ1n) is 5.18. The van der Waals surface area contributed by atoms with Crippen molar-refractivity contribution in [2.75, 3.05) is 26.3 Å². The maximum atomic E-state index is 11.8. The largest absolute Gasteiger partial charge is 0.411 e. The highest BCUT2D eigenvalue weighted by Gasteiger charge is 2.30. The Kier molecular flexibility index (Phi) is 6.20. The van der Waals surface area contributed by atoms with Gasteiger partial charge < -0.3 is 10.1 Å². The lowest BCUT2D eigenvalue weighted by Gasteiger charge is -2.28. The molecule has 0 spiro atoms. The molecule has 0 rings (SSSR count). The van der Waals surface area contributed by atoms with E-state index in [1.165, 1.54) is 0 Å². The van der Waals surface area contributed by atoms with Gasteiger partial charge in [-0.15, -0.1) is 0 Å². The van der Waals surface area contributed by atoms with Gasteiger partial charge in [0.15, 0.2) is 0 Å². The molecular formula is C10H20F3NO. The van der Waals surface area contributed by atoms with Crippen molar-refractivity contribution in [2.24, 2.45) is 5.41 Å². The minimum atomic E-state index is -4.23. The highest BCUT2D eigenvalue weighted by atomic mass is 19.4. The van der Waals surface area contributed by atoms with Crippen LogP contribution < -0.4 is 5.32 Å². The third kappa shape index (κ3) is 7.62. The number of alkyl halides is 3. The number of hydrogen-bond acceptors (Lipinski definition) is 2. The molecule has 5 heteroatoms. The van der Waals surface area contributed by atoms with Crippen LogP contribution in [-0.2, 0) is 4.74 Å². The Labute approximate surface area is 89.2 Å². The molecule has 1 atom stereocenters. The van der Waals surface area contributed by atoms with E-state index in [4.69, 9.17) is 0 Å². The zero-order chi connectivity index (χ0) is 11.9. The molecule has 0 aliphatic rings. The van der Waals surface area contributed by atoms with Crippen LogP contribution in [0.25, 0.3) is 0 Å². The predicted octanol–water partition coefficient (Wildman–Crippen LogP) is 2.59. The van der Waals surface area contributed by atoms with Gasteiger partial charge in [-0.2, -0.15) is 13.2 Å². The van der Waals surface area contributed by atoms with Gasteiger partial charge in [0, 0.05) is 12.0 Å². The second-order valence-electron chi connectivity index (χ2n) is 4.05. The lowest BCUT2D eigenvalue weighted by molar-refractivity contribution is -0.180. The van der Waals surface area contributed by atoms with Gasteiger partial charge in [-0.3, -0.25) is 0 Å². The van der Waals surface area contributed by atoms with Crippen molar-refractivity contribution in [3.05, 3.63) is 0 Å². The third-order valence-electron chi connectivity index (χ3n) is 2.37. The van der Waals surface area contributed by atoms with Gasteiger partial charge in [0.2, 0.25) is 0 Å². The summed E-state index contributed by atoms with van der Waals surface area (Å²) in [7, 11) is 0. The highest BCUT2D eigenvalue weighted by Crippen LogP contribution is 2.22. The van der Waals surface area contributed by atoms with Crippen molar-refractivity contribution in [1.29, 1.82) is 0 Å². The van der Waals surface area contributed by atoms with E-state index in [-0.39, 0.29) is 12.0 Å². The molecule has 0 saturated carbocycles. The molecule has 0 heterocycles. The zero-order valence-electron chi connectivity index (χ0n) is 9.58. The number of hydrogen-bond donors (Lipinski definition) is 1. The summed E-state index contributed by atoms with van der Waals surface area (Å²) >= 11 is 0. The molecule has 0 fully saturated rings. The van der Waals surface area contributed by atoms with Gasteiger partial charge in [0.05, 0.1) is 6.61 Å². The summed E-state index contributed by atoms with van der Waals surface area (Å²) in [5.41, 5.74) is -0.221. The summed E-state index contributed by atoms with van der Waals surface area (Å²) in [5.74, 6) is 0. The minimum Gasteiger partial charge on any atom is -0.371 e. The highest BCUT2D eigenvalue weighted by molar-refractivity contribution is 4.74. The van der Waals surface area contributed by atoms with Crippen molar-refractivity contribution in [3.63, 3.8) is 0 Å². The molecule has 0 amide bonds. The summed E-state index contributed by atoms with van der Waals surface area (Å²) in [6, 6.07) is 0. The Morgan fingerprint density at radius 1 is 1.13 bits per heavy atom. The normalized spacial score (nSPS) is 16.4. The Morgan fingerprint density at radius 2 is 1.73 bits per heavy atom. The van der Waals surface area contributed by atoms with E-state index in [0.29, 0.717) is 6.54 Å². The average Bonchev–Trinajstić information content (AvgIpc) is 2.13. The fourth-order valence-corrected chi connectivity index (χ4v) is 1.12. The molecule has 1 unspecified atom stereocenters. The van der Waals surface area contributed by atoms with Crippen LogP contribution in [0, 0.1) is 5.41 Å². The van der Waals surface area contributed by atoms with Crippen molar-refractivity contribution >= 4 is 0 Å². The molecule has 0 saturated heterocycles. The van der Waals surface area contributed by atoms with Gasteiger partial charge in [-0.25, -0.2) is 0 Å². The first-order chi connectivity index (χ1) is 6.83. The maximum absolute atomic E-state index is 11.8. The second-order valence-corrected chi connectivity index (χ2v) is 4.05. The topological polar surface area (TPSA) is 21.3 Å². The molecule has 92 valence electrons. The maximum Gasteiger partial charge on any atom is 0.411 e. The van der Waals surface area contributed by atoms with E-state index in [0.717, 1.165) is 13.0 Å². The van der Waals surface area contributed by atoms with Crippen LogP contribution in [0.2, 0.25) is 0 Å². The van der Waals surface area contributed by atoms with Crippen LogP contribution in [0.4, 0.5) is 13.2 Å². The summed E-state index contributed by atoms with van der Waals surface area (Å²) in [6.07, 6.45) is -3.44. The molecule has 2 nitrogen and oxygen atoms in total. The molecule has 0 bridgehead atoms. The van der Waals surface area contributed by atoms with Crippen LogP contribution in [0.3, 0.4) is 0 Å². The van der Waals surface area contributed by atoms with Crippen molar-refractivity contribution in [3.8, 4) is 0 Å². The Bertz CT molecular complexity index is 173. The van der Waals surface area contributed by atoms with Gasteiger partial charge in [-0.05, 0) is 13.0 Å². The molecule has 0 aromatic rings. The molecule has 0 aliphatic carbocycles. The third-order valence-corrected chi connectivity index (χ3v) is 2.37. The Morgan fingerprint density at radius 3 is 2.13 bits per heavy atom. The summed E-state index contributed by atoms with van der Waals surface area (Å²) in [5, 5.41) is 3.13. The molecule has 0 radical (unpaired) electrons. The monoisotopic (exact) mass is 227 g/mol. The number of ether oxygens (including phenoxy) is 1. The Hall–Kier alpha value is -0.290. The molecule has 0 aromatic carbocycles. The van der Waals surface area contributed by atoms with Gasteiger partial charge in [0.1, 0.15) is 6.61 Å². The van der Waals surface area contributed by atoms with E-state index in [2.05, 4.69) is 10.1 Å². The zero-order valence-corrected chi connectivity index (χ0v) is 9.58. The fraction of sp³-hybridized carbons (Fsp3) is 1.00. The van der Waals surface area contributed by atoms with Crippen LogP contribution in [0.5, 0.6) is 0 Å². The Balaban J connectivity index is 3.87. The predicted molar refractivity (Wildman–Crippen MR) is 53.8 cm³/mol. The van der Waals surface area contributed by atoms with E-state index in [1.807, 2.05) is 20.8 Å². The standard InChI is InChI=1S/C10H20F3NO/c1-4-9(3,6-14-5-2)7-15-8-10(11,12)13/h14H,4-8H2,1-3H3. The van der Waals surface area contributed by atoms with E-state index < -0.39 is 12.8 Å².